The maximum atomic E-state index is 4.33. The highest BCUT2D eigenvalue weighted by molar-refractivity contribution is 5.05. The Morgan fingerprint density at radius 3 is 3.09 bits per heavy atom. The molecule has 0 unspecified atom stereocenters. The number of fused-ring (bicyclic) bond motifs is 1. The number of imidazole rings is 1. The maximum absolute atomic E-state index is 4.33. The molecule has 2 rings (SSSR count). The van der Waals surface area contributed by atoms with Gasteiger partial charge in [0, 0.05) is 25.0 Å². The Kier molecular flexibility index (Phi) is 1.46. The Morgan fingerprint density at radius 1 is 1.45 bits per heavy atom. The zero-order valence-electron chi connectivity index (χ0n) is 7.04. The second-order valence-electron chi connectivity index (χ2n) is 3.21. The van der Waals surface area contributed by atoms with Crippen molar-refractivity contribution in [3.8, 4) is 0 Å². The van der Waals surface area contributed by atoms with Crippen molar-refractivity contribution in [3.63, 3.8) is 0 Å². The SMILES string of the molecule is Cc1cnc2n1CCN(C)C2. The van der Waals surface area contributed by atoms with Crippen LogP contribution in [0.25, 0.3) is 0 Å². The summed E-state index contributed by atoms with van der Waals surface area (Å²) in [6.45, 7) is 5.34. The number of aromatic nitrogens is 2. The molecule has 3 nitrogen and oxygen atoms in total. The molecule has 1 aliphatic rings. The van der Waals surface area contributed by atoms with Crippen molar-refractivity contribution in [1.29, 1.82) is 0 Å². The van der Waals surface area contributed by atoms with Crippen LogP contribution in [0.4, 0.5) is 0 Å². The van der Waals surface area contributed by atoms with E-state index in [2.05, 4.69) is 28.4 Å². The maximum Gasteiger partial charge on any atom is 0.123 e. The van der Waals surface area contributed by atoms with Crippen molar-refractivity contribution in [2.24, 2.45) is 0 Å². The van der Waals surface area contributed by atoms with Crippen molar-refractivity contribution in [2.45, 2.75) is 20.0 Å². The number of hydrogen-bond donors (Lipinski definition) is 0. The van der Waals surface area contributed by atoms with Gasteiger partial charge < -0.3 is 4.57 Å². The Morgan fingerprint density at radius 2 is 2.27 bits per heavy atom. The molecule has 60 valence electrons. The second kappa shape index (κ2) is 2.34. The van der Waals surface area contributed by atoms with Crippen LogP contribution in [-0.4, -0.2) is 28.0 Å². The first-order chi connectivity index (χ1) is 5.27. The molecule has 0 amide bonds. The summed E-state index contributed by atoms with van der Waals surface area (Å²) < 4.78 is 2.29. The van der Waals surface area contributed by atoms with Gasteiger partial charge in [0.25, 0.3) is 0 Å². The lowest BCUT2D eigenvalue weighted by molar-refractivity contribution is 0.263. The lowest BCUT2D eigenvalue weighted by Gasteiger charge is -2.24. The van der Waals surface area contributed by atoms with Crippen molar-refractivity contribution < 1.29 is 0 Å². The molecule has 0 aromatic carbocycles. The Bertz CT molecular complexity index is 264. The zero-order chi connectivity index (χ0) is 7.84. The molecule has 0 saturated heterocycles. The molecule has 0 aliphatic carbocycles. The summed E-state index contributed by atoms with van der Waals surface area (Å²) in [5.41, 5.74) is 1.29. The fraction of sp³-hybridized carbons (Fsp3) is 0.625. The molecule has 1 aliphatic heterocycles. The highest BCUT2D eigenvalue weighted by Crippen LogP contribution is 2.11. The minimum Gasteiger partial charge on any atom is -0.330 e. The van der Waals surface area contributed by atoms with Crippen LogP contribution in [0, 0.1) is 6.92 Å². The largest absolute Gasteiger partial charge is 0.330 e. The van der Waals surface area contributed by atoms with Gasteiger partial charge >= 0.3 is 0 Å². The number of aryl methyl sites for hydroxylation is 1. The van der Waals surface area contributed by atoms with Crippen LogP contribution >= 0.6 is 0 Å². The molecule has 0 saturated carbocycles. The molecule has 0 fully saturated rings. The molecule has 0 N–H and O–H groups in total. The molecule has 0 atom stereocenters. The first-order valence-corrected chi connectivity index (χ1v) is 3.97. The van der Waals surface area contributed by atoms with E-state index in [1.165, 1.54) is 11.5 Å². The molecule has 1 aromatic rings. The van der Waals surface area contributed by atoms with E-state index < -0.39 is 0 Å². The van der Waals surface area contributed by atoms with E-state index in [4.69, 9.17) is 0 Å². The summed E-state index contributed by atoms with van der Waals surface area (Å²) in [6, 6.07) is 0. The van der Waals surface area contributed by atoms with Gasteiger partial charge in [0.2, 0.25) is 0 Å². The summed E-state index contributed by atoms with van der Waals surface area (Å²) in [5.74, 6) is 1.20. The smallest absolute Gasteiger partial charge is 0.123 e. The van der Waals surface area contributed by atoms with Crippen LogP contribution in [0.1, 0.15) is 11.5 Å². The summed E-state index contributed by atoms with van der Waals surface area (Å²) in [7, 11) is 2.13. The number of likely N-dealkylation sites (N-methyl/N-ethyl adjacent to an activating group) is 1. The molecule has 3 heteroatoms. The zero-order valence-corrected chi connectivity index (χ0v) is 7.04. The molecular formula is C8H13N3. The van der Waals surface area contributed by atoms with E-state index in [0.717, 1.165) is 19.6 Å². The minimum atomic E-state index is 0.994. The van der Waals surface area contributed by atoms with Crippen LogP contribution in [-0.2, 0) is 13.1 Å². The summed E-state index contributed by atoms with van der Waals surface area (Å²) >= 11 is 0. The lowest BCUT2D eigenvalue weighted by atomic mass is 10.4. The minimum absolute atomic E-state index is 0.994. The quantitative estimate of drug-likeness (QED) is 0.542. The van der Waals surface area contributed by atoms with Gasteiger partial charge in [-0.05, 0) is 14.0 Å². The summed E-state index contributed by atoms with van der Waals surface area (Å²) in [5, 5.41) is 0. The summed E-state index contributed by atoms with van der Waals surface area (Å²) in [4.78, 5) is 6.62. The predicted molar refractivity (Wildman–Crippen MR) is 43.3 cm³/mol. The van der Waals surface area contributed by atoms with Gasteiger partial charge in [-0.15, -0.1) is 0 Å². The van der Waals surface area contributed by atoms with Gasteiger partial charge in [-0.1, -0.05) is 0 Å². The molecule has 11 heavy (non-hydrogen) atoms. The van der Waals surface area contributed by atoms with Crippen LogP contribution in [0.5, 0.6) is 0 Å². The van der Waals surface area contributed by atoms with Gasteiger partial charge in [-0.3, -0.25) is 4.90 Å². The van der Waals surface area contributed by atoms with E-state index in [9.17, 15) is 0 Å². The number of rotatable bonds is 0. The first-order valence-electron chi connectivity index (χ1n) is 3.97. The van der Waals surface area contributed by atoms with Gasteiger partial charge in [-0.2, -0.15) is 0 Å². The molecule has 2 heterocycles. The van der Waals surface area contributed by atoms with Crippen LogP contribution in [0.2, 0.25) is 0 Å². The van der Waals surface area contributed by atoms with E-state index >= 15 is 0 Å². The molecule has 1 aromatic heterocycles. The molecule has 0 radical (unpaired) electrons. The fourth-order valence-electron chi connectivity index (χ4n) is 1.53. The highest BCUT2D eigenvalue weighted by atomic mass is 15.2. The summed E-state index contributed by atoms with van der Waals surface area (Å²) in [6.07, 6.45) is 1.95. The molecule has 0 bridgehead atoms. The van der Waals surface area contributed by atoms with Gasteiger partial charge in [-0.25, -0.2) is 4.98 Å². The fourth-order valence-corrected chi connectivity index (χ4v) is 1.53. The van der Waals surface area contributed by atoms with E-state index in [0.29, 0.717) is 0 Å². The molecule has 0 spiro atoms. The van der Waals surface area contributed by atoms with Crippen molar-refractivity contribution in [3.05, 3.63) is 17.7 Å². The van der Waals surface area contributed by atoms with Crippen molar-refractivity contribution >= 4 is 0 Å². The lowest BCUT2D eigenvalue weighted by Crippen LogP contribution is -2.30. The number of nitrogens with zero attached hydrogens (tertiary/aromatic N) is 3. The first kappa shape index (κ1) is 6.85. The van der Waals surface area contributed by atoms with Gasteiger partial charge in [0.05, 0.1) is 6.54 Å². The predicted octanol–water partition coefficient (Wildman–Crippen LogP) is 0.637. The van der Waals surface area contributed by atoms with E-state index in [1.54, 1.807) is 0 Å². The topological polar surface area (TPSA) is 21.1 Å². The molecular weight excluding hydrogens is 138 g/mol. The Labute approximate surface area is 66.6 Å². The normalized spacial score (nSPS) is 18.4. The van der Waals surface area contributed by atoms with E-state index in [1.807, 2.05) is 6.20 Å². The van der Waals surface area contributed by atoms with Crippen LogP contribution in [0.15, 0.2) is 6.20 Å². The average molecular weight is 151 g/mol. The monoisotopic (exact) mass is 151 g/mol. The Balaban J connectivity index is 2.36. The van der Waals surface area contributed by atoms with Gasteiger partial charge in [0.1, 0.15) is 5.82 Å². The standard InChI is InChI=1S/C8H13N3/c1-7-5-9-8-6-10(2)3-4-11(7)8/h5H,3-4,6H2,1-2H3. The average Bonchev–Trinajstić information content (AvgIpc) is 2.32. The highest BCUT2D eigenvalue weighted by Gasteiger charge is 2.14. The number of hydrogen-bond acceptors (Lipinski definition) is 2. The van der Waals surface area contributed by atoms with Crippen molar-refractivity contribution in [2.75, 3.05) is 13.6 Å². The van der Waals surface area contributed by atoms with E-state index in [-0.39, 0.29) is 0 Å². The van der Waals surface area contributed by atoms with Crippen molar-refractivity contribution in [1.82, 2.24) is 14.5 Å². The third kappa shape index (κ3) is 1.05. The van der Waals surface area contributed by atoms with Crippen LogP contribution in [0.3, 0.4) is 0 Å². The second-order valence-corrected chi connectivity index (χ2v) is 3.21. The third-order valence-electron chi connectivity index (χ3n) is 2.25. The van der Waals surface area contributed by atoms with Gasteiger partial charge in [0.15, 0.2) is 0 Å². The third-order valence-corrected chi connectivity index (χ3v) is 2.25. The van der Waals surface area contributed by atoms with Crippen LogP contribution < -0.4 is 0 Å². The Hall–Kier alpha value is -0.830.